The molecule has 0 unspecified atom stereocenters. The Morgan fingerprint density at radius 1 is 1.21 bits per heavy atom. The van der Waals surface area contributed by atoms with Crippen LogP contribution in [-0.4, -0.2) is 36.7 Å². The Morgan fingerprint density at radius 3 is 2.61 bits per heavy atom. The fourth-order valence-corrected chi connectivity index (χ4v) is 7.09. The van der Waals surface area contributed by atoms with Crippen molar-refractivity contribution in [2.45, 2.75) is 17.1 Å². The number of hydrogen-bond donors (Lipinski definition) is 1. The summed E-state index contributed by atoms with van der Waals surface area (Å²) < 4.78 is 41.7. The van der Waals surface area contributed by atoms with Crippen molar-refractivity contribution in [2.24, 2.45) is 5.92 Å². The Balaban J connectivity index is 1.40. The van der Waals surface area contributed by atoms with Gasteiger partial charge < -0.3 is 5.32 Å². The zero-order valence-electron chi connectivity index (χ0n) is 14.4. The standard InChI is InChI=1S/C17H15ClFN3O3S3/c18-13-4-5-14(27-13)28(24,25)22-8-6-10(7-9-22)16(23)21-17-20-15-11(19)2-1-3-12(15)26-17/h1-5,10H,6-9H2,(H,20,21,23). The molecule has 0 saturated carbocycles. The molecule has 11 heteroatoms. The molecule has 0 aliphatic carbocycles. The number of nitrogens with one attached hydrogen (secondary N) is 1. The largest absolute Gasteiger partial charge is 0.302 e. The number of anilines is 1. The van der Waals surface area contributed by atoms with Crippen molar-refractivity contribution in [3.63, 3.8) is 0 Å². The van der Waals surface area contributed by atoms with Crippen molar-refractivity contribution in [1.82, 2.24) is 9.29 Å². The molecule has 1 aromatic carbocycles. The van der Waals surface area contributed by atoms with E-state index >= 15 is 0 Å². The van der Waals surface area contributed by atoms with Crippen molar-refractivity contribution in [3.05, 3.63) is 40.5 Å². The number of fused-ring (bicyclic) bond motifs is 1. The number of amides is 1. The lowest BCUT2D eigenvalue weighted by Gasteiger charge is -2.29. The number of piperidine rings is 1. The Hall–Kier alpha value is -1.59. The molecule has 1 aliphatic heterocycles. The van der Waals surface area contributed by atoms with Crippen LogP contribution in [0.15, 0.2) is 34.5 Å². The first kappa shape index (κ1) is 19.7. The fraction of sp³-hybridized carbons (Fsp3) is 0.294. The number of benzene rings is 1. The number of nitrogens with zero attached hydrogens (tertiary/aromatic N) is 2. The van der Waals surface area contributed by atoms with Gasteiger partial charge in [0.2, 0.25) is 5.91 Å². The maximum absolute atomic E-state index is 13.7. The van der Waals surface area contributed by atoms with Gasteiger partial charge in [-0.05, 0) is 37.1 Å². The third-order valence-electron chi connectivity index (χ3n) is 4.57. The van der Waals surface area contributed by atoms with Crippen LogP contribution in [0.4, 0.5) is 9.52 Å². The summed E-state index contributed by atoms with van der Waals surface area (Å²) in [5.74, 6) is -0.979. The summed E-state index contributed by atoms with van der Waals surface area (Å²) in [6.07, 6.45) is 0.812. The molecule has 0 spiro atoms. The first-order valence-corrected chi connectivity index (χ1v) is 11.9. The third kappa shape index (κ3) is 3.79. The van der Waals surface area contributed by atoms with E-state index in [-0.39, 0.29) is 34.6 Å². The second kappa shape index (κ2) is 7.68. The Kier molecular flexibility index (Phi) is 5.41. The lowest BCUT2D eigenvalue weighted by atomic mass is 9.97. The molecule has 6 nitrogen and oxygen atoms in total. The molecule has 148 valence electrons. The molecule has 1 aliphatic rings. The molecule has 1 fully saturated rings. The first-order chi connectivity index (χ1) is 13.3. The van der Waals surface area contributed by atoms with Gasteiger partial charge in [0.05, 0.1) is 9.04 Å². The smallest absolute Gasteiger partial charge is 0.252 e. The van der Waals surface area contributed by atoms with Crippen LogP contribution in [0.3, 0.4) is 0 Å². The number of thiophene rings is 1. The van der Waals surface area contributed by atoms with Crippen LogP contribution in [0.1, 0.15) is 12.8 Å². The Bertz CT molecular complexity index is 1140. The van der Waals surface area contributed by atoms with E-state index < -0.39 is 15.8 Å². The molecular weight excluding hydrogens is 445 g/mol. The van der Waals surface area contributed by atoms with E-state index in [9.17, 15) is 17.6 Å². The highest BCUT2D eigenvalue weighted by Gasteiger charge is 2.33. The number of carbonyl (C=O) groups is 1. The predicted octanol–water partition coefficient (Wildman–Crippen LogP) is 4.19. The number of hydrogen-bond acceptors (Lipinski definition) is 6. The van der Waals surface area contributed by atoms with Gasteiger partial charge in [-0.1, -0.05) is 29.0 Å². The number of carbonyl (C=O) groups excluding carboxylic acids is 1. The van der Waals surface area contributed by atoms with Gasteiger partial charge in [-0.25, -0.2) is 17.8 Å². The van der Waals surface area contributed by atoms with E-state index in [0.29, 0.717) is 27.0 Å². The molecule has 3 heterocycles. The topological polar surface area (TPSA) is 79.4 Å². The lowest BCUT2D eigenvalue weighted by molar-refractivity contribution is -0.120. The molecular formula is C17H15ClFN3O3S3. The van der Waals surface area contributed by atoms with Gasteiger partial charge in [0.25, 0.3) is 10.0 Å². The summed E-state index contributed by atoms with van der Waals surface area (Å²) in [4.78, 5) is 16.7. The number of thiazole rings is 1. The Morgan fingerprint density at radius 2 is 1.96 bits per heavy atom. The average molecular weight is 460 g/mol. The summed E-state index contributed by atoms with van der Waals surface area (Å²) >= 11 is 8.07. The van der Waals surface area contributed by atoms with Gasteiger partial charge in [-0.2, -0.15) is 4.31 Å². The highest BCUT2D eigenvalue weighted by Crippen LogP contribution is 2.32. The third-order valence-corrected chi connectivity index (χ3v) is 9.10. The van der Waals surface area contributed by atoms with Crippen molar-refractivity contribution in [1.29, 1.82) is 0 Å². The van der Waals surface area contributed by atoms with Crippen molar-refractivity contribution >= 4 is 65.6 Å². The van der Waals surface area contributed by atoms with Crippen molar-refractivity contribution < 1.29 is 17.6 Å². The zero-order chi connectivity index (χ0) is 19.9. The average Bonchev–Trinajstić information content (AvgIpc) is 3.29. The molecule has 3 aromatic rings. The van der Waals surface area contributed by atoms with E-state index in [1.807, 2.05) is 0 Å². The van der Waals surface area contributed by atoms with Crippen LogP contribution >= 0.6 is 34.3 Å². The van der Waals surface area contributed by atoms with Gasteiger partial charge in [0.15, 0.2) is 5.13 Å². The maximum atomic E-state index is 13.7. The number of rotatable bonds is 4. The van der Waals surface area contributed by atoms with Crippen molar-refractivity contribution in [2.75, 3.05) is 18.4 Å². The molecule has 1 N–H and O–H groups in total. The van der Waals surface area contributed by atoms with Crippen LogP contribution in [0.5, 0.6) is 0 Å². The lowest BCUT2D eigenvalue weighted by Crippen LogP contribution is -2.41. The zero-order valence-corrected chi connectivity index (χ0v) is 17.6. The molecule has 0 bridgehead atoms. The van der Waals surface area contributed by atoms with Gasteiger partial charge in [-0.3, -0.25) is 4.79 Å². The van der Waals surface area contributed by atoms with E-state index in [1.54, 1.807) is 18.2 Å². The molecule has 28 heavy (non-hydrogen) atoms. The van der Waals surface area contributed by atoms with E-state index in [0.717, 1.165) is 11.3 Å². The summed E-state index contributed by atoms with van der Waals surface area (Å²) in [5, 5.41) is 3.08. The molecule has 4 rings (SSSR count). The minimum atomic E-state index is -3.59. The van der Waals surface area contributed by atoms with Crippen LogP contribution in [0, 0.1) is 11.7 Å². The van der Waals surface area contributed by atoms with Gasteiger partial charge >= 0.3 is 0 Å². The van der Waals surface area contributed by atoms with E-state index in [2.05, 4.69) is 10.3 Å². The van der Waals surface area contributed by atoms with E-state index in [4.69, 9.17) is 11.6 Å². The van der Waals surface area contributed by atoms with Crippen LogP contribution < -0.4 is 5.32 Å². The van der Waals surface area contributed by atoms with Crippen LogP contribution in [0.2, 0.25) is 4.34 Å². The molecule has 0 atom stereocenters. The summed E-state index contributed by atoms with van der Waals surface area (Å²) in [6.45, 7) is 0.509. The quantitative estimate of drug-likeness (QED) is 0.634. The number of aromatic nitrogens is 1. The van der Waals surface area contributed by atoms with Gasteiger partial charge in [0.1, 0.15) is 15.5 Å². The first-order valence-electron chi connectivity index (χ1n) is 8.46. The fourth-order valence-electron chi connectivity index (χ4n) is 3.10. The minimum Gasteiger partial charge on any atom is -0.302 e. The number of halogens is 2. The van der Waals surface area contributed by atoms with E-state index in [1.165, 1.54) is 27.8 Å². The second-order valence-corrected chi connectivity index (χ2v) is 11.2. The number of para-hydroxylation sites is 1. The SMILES string of the molecule is O=C(Nc1nc2c(F)cccc2s1)C1CCN(S(=O)(=O)c2ccc(Cl)s2)CC1. The number of sulfonamides is 1. The molecule has 2 aromatic heterocycles. The van der Waals surface area contributed by atoms with Gasteiger partial charge in [-0.15, -0.1) is 11.3 Å². The van der Waals surface area contributed by atoms with Crippen LogP contribution in [0.25, 0.3) is 10.2 Å². The molecule has 0 radical (unpaired) electrons. The molecule has 1 amide bonds. The minimum absolute atomic E-state index is 0.205. The summed E-state index contributed by atoms with van der Waals surface area (Å²) in [5.41, 5.74) is 0.235. The molecule has 1 saturated heterocycles. The second-order valence-electron chi connectivity index (χ2n) is 6.33. The normalized spacial score (nSPS) is 16.5. The Labute approximate surface area is 174 Å². The highest BCUT2D eigenvalue weighted by molar-refractivity contribution is 7.91. The van der Waals surface area contributed by atoms with Gasteiger partial charge in [0, 0.05) is 19.0 Å². The highest BCUT2D eigenvalue weighted by atomic mass is 35.5. The predicted molar refractivity (Wildman–Crippen MR) is 109 cm³/mol. The maximum Gasteiger partial charge on any atom is 0.252 e. The van der Waals surface area contributed by atoms with Crippen LogP contribution in [-0.2, 0) is 14.8 Å². The monoisotopic (exact) mass is 459 g/mol. The van der Waals surface area contributed by atoms with Crippen molar-refractivity contribution in [3.8, 4) is 0 Å². The summed E-state index contributed by atoms with van der Waals surface area (Å²) in [7, 11) is -3.59. The summed E-state index contributed by atoms with van der Waals surface area (Å²) in [6, 6.07) is 7.71.